The fraction of sp³-hybridized carbons (Fsp3) is 0.857. The molecule has 0 radical (unpaired) electrons. The molecule has 0 aliphatic carbocycles. The van der Waals surface area contributed by atoms with Crippen molar-refractivity contribution in [1.82, 2.24) is 10.2 Å². The summed E-state index contributed by atoms with van der Waals surface area (Å²) in [6.45, 7) is 10.6. The first-order valence-corrected chi connectivity index (χ1v) is 6.97. The van der Waals surface area contributed by atoms with E-state index in [1.807, 2.05) is 39.5 Å². The molecule has 3 N–H and O–H groups in total. The summed E-state index contributed by atoms with van der Waals surface area (Å²) in [5.74, 6) is 0.328. The highest BCUT2D eigenvalue weighted by Gasteiger charge is 2.37. The minimum Gasteiger partial charge on any atom is -0.350 e. The van der Waals surface area contributed by atoms with Crippen LogP contribution in [0.1, 0.15) is 47.5 Å². The lowest BCUT2D eigenvalue weighted by molar-refractivity contribution is -0.131. The smallest absolute Gasteiger partial charge is 0.237 e. The van der Waals surface area contributed by atoms with Gasteiger partial charge in [-0.2, -0.15) is 0 Å². The summed E-state index contributed by atoms with van der Waals surface area (Å²) >= 11 is 0. The lowest BCUT2D eigenvalue weighted by Crippen LogP contribution is -2.48. The van der Waals surface area contributed by atoms with Gasteiger partial charge < -0.3 is 16.0 Å². The van der Waals surface area contributed by atoms with Crippen LogP contribution in [0.3, 0.4) is 0 Å². The zero-order valence-electron chi connectivity index (χ0n) is 12.7. The van der Waals surface area contributed by atoms with Crippen LogP contribution >= 0.6 is 0 Å². The molecule has 1 saturated heterocycles. The molecular weight excluding hydrogens is 242 g/mol. The summed E-state index contributed by atoms with van der Waals surface area (Å²) < 4.78 is 0. The van der Waals surface area contributed by atoms with E-state index in [-0.39, 0.29) is 23.4 Å². The number of rotatable bonds is 4. The van der Waals surface area contributed by atoms with Crippen LogP contribution in [0.15, 0.2) is 0 Å². The first-order chi connectivity index (χ1) is 8.61. The first-order valence-electron chi connectivity index (χ1n) is 6.97. The van der Waals surface area contributed by atoms with Crippen molar-refractivity contribution < 1.29 is 9.59 Å². The van der Waals surface area contributed by atoms with Crippen LogP contribution in [0.25, 0.3) is 0 Å². The Morgan fingerprint density at radius 2 is 2.05 bits per heavy atom. The molecule has 19 heavy (non-hydrogen) atoms. The minimum atomic E-state index is -0.487. The van der Waals surface area contributed by atoms with Gasteiger partial charge in [-0.25, -0.2) is 0 Å². The molecule has 1 heterocycles. The van der Waals surface area contributed by atoms with E-state index in [9.17, 15) is 9.59 Å². The maximum atomic E-state index is 11.9. The second-order valence-corrected chi connectivity index (χ2v) is 6.82. The van der Waals surface area contributed by atoms with Gasteiger partial charge in [0.15, 0.2) is 0 Å². The van der Waals surface area contributed by atoms with Gasteiger partial charge in [0, 0.05) is 18.5 Å². The zero-order valence-corrected chi connectivity index (χ0v) is 12.7. The van der Waals surface area contributed by atoms with Crippen molar-refractivity contribution in [3.8, 4) is 0 Å². The molecule has 0 spiro atoms. The number of carbonyl (C=O) groups excluding carboxylic acids is 2. The third kappa shape index (κ3) is 4.49. The number of carbonyl (C=O) groups is 2. The first kappa shape index (κ1) is 16.0. The highest BCUT2D eigenvalue weighted by atomic mass is 16.2. The molecule has 1 aliphatic heterocycles. The summed E-state index contributed by atoms with van der Waals surface area (Å²) in [4.78, 5) is 25.6. The lowest BCUT2D eigenvalue weighted by Gasteiger charge is -2.32. The van der Waals surface area contributed by atoms with Crippen LogP contribution in [-0.4, -0.2) is 40.9 Å². The molecule has 5 heteroatoms. The fourth-order valence-corrected chi connectivity index (χ4v) is 2.38. The Bertz CT molecular complexity index is 347. The molecule has 0 aromatic rings. The second kappa shape index (κ2) is 5.90. The molecule has 1 aliphatic rings. The van der Waals surface area contributed by atoms with Gasteiger partial charge in [0.2, 0.25) is 11.8 Å². The average molecular weight is 269 g/mol. The van der Waals surface area contributed by atoms with E-state index in [1.165, 1.54) is 0 Å². The molecule has 5 nitrogen and oxygen atoms in total. The van der Waals surface area contributed by atoms with Gasteiger partial charge in [0.1, 0.15) is 0 Å². The third-order valence-electron chi connectivity index (χ3n) is 3.34. The number of amides is 2. The molecule has 0 saturated carbocycles. The van der Waals surface area contributed by atoms with Crippen LogP contribution in [0.4, 0.5) is 0 Å². The fourth-order valence-electron chi connectivity index (χ4n) is 2.38. The van der Waals surface area contributed by atoms with E-state index in [4.69, 9.17) is 5.73 Å². The van der Waals surface area contributed by atoms with Crippen LogP contribution in [-0.2, 0) is 9.59 Å². The van der Waals surface area contributed by atoms with Gasteiger partial charge in [-0.05, 0) is 33.1 Å². The minimum absolute atomic E-state index is 0.0928. The Hall–Kier alpha value is -1.10. The van der Waals surface area contributed by atoms with Crippen LogP contribution < -0.4 is 11.1 Å². The van der Waals surface area contributed by atoms with Gasteiger partial charge in [-0.1, -0.05) is 13.8 Å². The van der Waals surface area contributed by atoms with E-state index >= 15 is 0 Å². The maximum Gasteiger partial charge on any atom is 0.237 e. The number of likely N-dealkylation sites (tertiary alicyclic amines) is 1. The molecule has 2 atom stereocenters. The van der Waals surface area contributed by atoms with E-state index in [0.29, 0.717) is 25.3 Å². The van der Waals surface area contributed by atoms with Gasteiger partial charge in [-0.3, -0.25) is 9.59 Å². The Labute approximate surface area is 115 Å². The van der Waals surface area contributed by atoms with Crippen molar-refractivity contribution >= 4 is 11.8 Å². The second-order valence-electron chi connectivity index (χ2n) is 6.82. The van der Waals surface area contributed by atoms with Crippen molar-refractivity contribution in [2.75, 3.05) is 6.54 Å². The predicted molar refractivity (Wildman–Crippen MR) is 75.4 cm³/mol. The molecule has 0 aromatic carbocycles. The van der Waals surface area contributed by atoms with Gasteiger partial charge >= 0.3 is 0 Å². The topological polar surface area (TPSA) is 75.4 Å². The Balaban J connectivity index is 2.52. The Kier molecular flexibility index (Phi) is 4.96. The van der Waals surface area contributed by atoms with Gasteiger partial charge in [0.05, 0.1) is 12.1 Å². The van der Waals surface area contributed by atoms with E-state index < -0.39 is 6.04 Å². The SMILES string of the molecule is CC(C)C[C@H](N)C(=O)NC1CC(=O)N(C(C)(C)C)C1. The normalized spacial score (nSPS) is 21.9. The van der Waals surface area contributed by atoms with Crippen LogP contribution in [0.5, 0.6) is 0 Å². The van der Waals surface area contributed by atoms with Crippen LogP contribution in [0.2, 0.25) is 0 Å². The van der Waals surface area contributed by atoms with Crippen molar-refractivity contribution in [3.05, 3.63) is 0 Å². The average Bonchev–Trinajstić information content (AvgIpc) is 2.57. The molecule has 1 unspecified atom stereocenters. The number of nitrogens with zero attached hydrogens (tertiary/aromatic N) is 1. The lowest BCUT2D eigenvalue weighted by atomic mass is 10.0. The highest BCUT2D eigenvalue weighted by molar-refractivity contribution is 5.85. The summed E-state index contributed by atoms with van der Waals surface area (Å²) in [7, 11) is 0. The Morgan fingerprint density at radius 3 is 2.47 bits per heavy atom. The highest BCUT2D eigenvalue weighted by Crippen LogP contribution is 2.21. The number of nitrogens with one attached hydrogen (secondary N) is 1. The van der Waals surface area contributed by atoms with Crippen LogP contribution in [0, 0.1) is 5.92 Å². The van der Waals surface area contributed by atoms with E-state index in [0.717, 1.165) is 0 Å². The van der Waals surface area contributed by atoms with Crippen molar-refractivity contribution in [2.45, 2.75) is 65.1 Å². The van der Waals surface area contributed by atoms with Gasteiger partial charge in [-0.15, -0.1) is 0 Å². The molecule has 2 amide bonds. The number of hydrogen-bond acceptors (Lipinski definition) is 3. The third-order valence-corrected chi connectivity index (χ3v) is 3.34. The quantitative estimate of drug-likeness (QED) is 0.795. The maximum absolute atomic E-state index is 11.9. The number of nitrogens with two attached hydrogens (primary N) is 1. The molecule has 0 aromatic heterocycles. The zero-order chi connectivity index (χ0) is 14.8. The van der Waals surface area contributed by atoms with Crippen molar-refractivity contribution in [3.63, 3.8) is 0 Å². The molecule has 1 rings (SSSR count). The Morgan fingerprint density at radius 1 is 1.47 bits per heavy atom. The van der Waals surface area contributed by atoms with E-state index in [2.05, 4.69) is 5.32 Å². The monoisotopic (exact) mass is 269 g/mol. The molecule has 110 valence electrons. The number of hydrogen-bond donors (Lipinski definition) is 2. The summed E-state index contributed by atoms with van der Waals surface area (Å²) in [6, 6.07) is -0.601. The summed E-state index contributed by atoms with van der Waals surface area (Å²) in [5, 5.41) is 2.89. The summed E-state index contributed by atoms with van der Waals surface area (Å²) in [6.07, 6.45) is 1.03. The predicted octanol–water partition coefficient (Wildman–Crippen LogP) is 0.875. The molecular formula is C14H27N3O2. The van der Waals surface area contributed by atoms with Gasteiger partial charge in [0.25, 0.3) is 0 Å². The summed E-state index contributed by atoms with van der Waals surface area (Å²) in [5.41, 5.74) is 5.64. The molecule has 0 bridgehead atoms. The largest absolute Gasteiger partial charge is 0.350 e. The van der Waals surface area contributed by atoms with Crippen molar-refractivity contribution in [2.24, 2.45) is 11.7 Å². The van der Waals surface area contributed by atoms with E-state index in [1.54, 1.807) is 0 Å². The molecule has 1 fully saturated rings. The van der Waals surface area contributed by atoms with Crippen molar-refractivity contribution in [1.29, 1.82) is 0 Å². The standard InChI is InChI=1S/C14H27N3O2/c1-9(2)6-11(15)13(19)16-10-7-12(18)17(8-10)14(3,4)5/h9-11H,6-8,15H2,1-5H3,(H,16,19)/t10?,11-/m0/s1.